The number of benzene rings is 2. The first kappa shape index (κ1) is 25.3. The highest BCUT2D eigenvalue weighted by atomic mass is 35.5. The van der Waals surface area contributed by atoms with Crippen molar-refractivity contribution in [2.45, 2.75) is 19.4 Å². The molecule has 2 heterocycles. The number of hydrogen-bond acceptors (Lipinski definition) is 5. The quantitative estimate of drug-likeness (QED) is 0.338. The molecule has 1 aromatic heterocycles. The van der Waals surface area contributed by atoms with Gasteiger partial charge in [0.1, 0.15) is 5.69 Å². The van der Waals surface area contributed by atoms with Crippen LogP contribution in [0.2, 0.25) is 10.0 Å². The third kappa shape index (κ3) is 5.87. The number of hydrogen-bond donors (Lipinski definition) is 4. The first-order chi connectivity index (χ1) is 17.4. The average Bonchev–Trinajstić information content (AvgIpc) is 3.49. The molecule has 1 aliphatic heterocycles. The van der Waals surface area contributed by atoms with Crippen molar-refractivity contribution >= 4 is 58.0 Å². The van der Waals surface area contributed by atoms with Crippen LogP contribution in [0.3, 0.4) is 0 Å². The zero-order chi connectivity index (χ0) is 25.7. The lowest BCUT2D eigenvalue weighted by molar-refractivity contribution is -0.111. The molecular formula is C25H24Cl2N6O3. The molecule has 4 rings (SSSR count). The van der Waals surface area contributed by atoms with Crippen LogP contribution < -0.4 is 20.9 Å². The van der Waals surface area contributed by atoms with Gasteiger partial charge in [0, 0.05) is 30.5 Å². The number of nitrogens with zero attached hydrogens (tertiary/aromatic N) is 2. The summed E-state index contributed by atoms with van der Waals surface area (Å²) in [5.41, 5.74) is 2.16. The van der Waals surface area contributed by atoms with E-state index in [1.165, 1.54) is 12.3 Å². The SMILES string of the molecule is CC=CC(=O)Nc1ccc(N2CC[C@H](NC(=O)c3[nH]ncc3NC(=O)c3c(Cl)cccc3Cl)C2)cc1. The van der Waals surface area contributed by atoms with Gasteiger partial charge in [0.15, 0.2) is 0 Å². The van der Waals surface area contributed by atoms with Crippen molar-refractivity contribution in [3.8, 4) is 0 Å². The van der Waals surface area contributed by atoms with E-state index in [9.17, 15) is 14.4 Å². The highest BCUT2D eigenvalue weighted by Gasteiger charge is 2.27. The van der Waals surface area contributed by atoms with Crippen LogP contribution in [-0.4, -0.2) is 47.1 Å². The van der Waals surface area contributed by atoms with Crippen molar-refractivity contribution in [1.82, 2.24) is 15.5 Å². The Morgan fingerprint density at radius 3 is 2.47 bits per heavy atom. The van der Waals surface area contributed by atoms with Gasteiger partial charge in [-0.05, 0) is 55.8 Å². The van der Waals surface area contributed by atoms with Crippen molar-refractivity contribution in [2.75, 3.05) is 28.6 Å². The second kappa shape index (κ2) is 11.3. The minimum atomic E-state index is -0.543. The topological polar surface area (TPSA) is 119 Å². The molecule has 3 amide bonds. The summed E-state index contributed by atoms with van der Waals surface area (Å²) >= 11 is 12.2. The molecule has 1 saturated heterocycles. The summed E-state index contributed by atoms with van der Waals surface area (Å²) in [6.45, 7) is 3.15. The van der Waals surface area contributed by atoms with E-state index in [4.69, 9.17) is 23.2 Å². The number of amides is 3. The number of halogens is 2. The summed E-state index contributed by atoms with van der Waals surface area (Å²) in [5.74, 6) is -1.11. The minimum absolute atomic E-state index is 0.101. The van der Waals surface area contributed by atoms with E-state index in [0.717, 1.165) is 18.7 Å². The number of aromatic amines is 1. The Kier molecular flexibility index (Phi) is 7.92. The van der Waals surface area contributed by atoms with E-state index in [-0.39, 0.29) is 44.8 Å². The standard InChI is InChI=1S/C25H24Cl2N6O3/c1-2-4-21(34)29-15-7-9-17(10-8-15)33-12-11-16(14-33)30-25(36)23-20(13-28-32-23)31-24(35)22-18(26)5-3-6-19(22)27/h2-10,13,16H,11-12,14H2,1H3,(H,28,32)(H,29,34)(H,30,36)(H,31,35)/t16-/m0/s1. The molecule has 0 unspecified atom stereocenters. The van der Waals surface area contributed by atoms with Crippen LogP contribution in [0.1, 0.15) is 34.2 Å². The van der Waals surface area contributed by atoms with Gasteiger partial charge in [0.25, 0.3) is 11.8 Å². The number of carbonyl (C=O) groups excluding carboxylic acids is 3. The lowest BCUT2D eigenvalue weighted by Gasteiger charge is -2.19. The molecule has 0 radical (unpaired) electrons. The second-order valence-electron chi connectivity index (χ2n) is 8.15. The van der Waals surface area contributed by atoms with Crippen molar-refractivity contribution in [3.05, 3.63) is 82.1 Å². The van der Waals surface area contributed by atoms with Crippen molar-refractivity contribution in [1.29, 1.82) is 0 Å². The molecule has 2 aromatic carbocycles. The fraction of sp³-hybridized carbons (Fsp3) is 0.200. The maximum Gasteiger partial charge on any atom is 0.271 e. The molecule has 11 heteroatoms. The molecule has 0 spiro atoms. The van der Waals surface area contributed by atoms with E-state index in [1.807, 2.05) is 24.3 Å². The first-order valence-electron chi connectivity index (χ1n) is 11.2. The number of rotatable bonds is 7. The van der Waals surface area contributed by atoms with Crippen LogP contribution in [0.4, 0.5) is 17.1 Å². The molecule has 36 heavy (non-hydrogen) atoms. The maximum atomic E-state index is 12.9. The summed E-state index contributed by atoms with van der Waals surface area (Å²) in [7, 11) is 0. The Bertz CT molecular complexity index is 1290. The van der Waals surface area contributed by atoms with Crippen molar-refractivity contribution < 1.29 is 14.4 Å². The van der Waals surface area contributed by atoms with E-state index >= 15 is 0 Å². The molecule has 0 bridgehead atoms. The van der Waals surface area contributed by atoms with Crippen LogP contribution in [0.25, 0.3) is 0 Å². The molecule has 0 aliphatic carbocycles. The third-order valence-electron chi connectivity index (χ3n) is 5.65. The minimum Gasteiger partial charge on any atom is -0.369 e. The summed E-state index contributed by atoms with van der Waals surface area (Å²) < 4.78 is 0. The number of H-pyrrole nitrogens is 1. The Hall–Kier alpha value is -3.82. The smallest absolute Gasteiger partial charge is 0.271 e. The number of carbonyl (C=O) groups is 3. The number of aromatic nitrogens is 2. The van der Waals surface area contributed by atoms with E-state index in [1.54, 1.807) is 31.2 Å². The molecule has 0 saturated carbocycles. The Balaban J connectivity index is 1.35. The van der Waals surface area contributed by atoms with Gasteiger partial charge in [-0.3, -0.25) is 19.5 Å². The molecule has 3 aromatic rings. The van der Waals surface area contributed by atoms with Gasteiger partial charge >= 0.3 is 0 Å². The van der Waals surface area contributed by atoms with Gasteiger partial charge in [-0.1, -0.05) is 35.3 Å². The van der Waals surface area contributed by atoms with Crippen LogP contribution >= 0.6 is 23.2 Å². The predicted molar refractivity (Wildman–Crippen MR) is 141 cm³/mol. The number of anilines is 3. The summed E-state index contributed by atoms with van der Waals surface area (Å²) in [5, 5.41) is 15.4. The molecule has 4 N–H and O–H groups in total. The van der Waals surface area contributed by atoms with Gasteiger partial charge in [0.05, 0.1) is 27.5 Å². The normalized spacial score (nSPS) is 15.2. The predicted octanol–water partition coefficient (Wildman–Crippen LogP) is 4.49. The van der Waals surface area contributed by atoms with E-state index in [2.05, 4.69) is 31.0 Å². The molecular weight excluding hydrogens is 503 g/mol. The molecule has 1 aliphatic rings. The van der Waals surface area contributed by atoms with Crippen LogP contribution in [-0.2, 0) is 4.79 Å². The summed E-state index contributed by atoms with van der Waals surface area (Å²) in [6.07, 6.45) is 5.24. The van der Waals surface area contributed by atoms with Gasteiger partial charge in [-0.15, -0.1) is 0 Å². The monoisotopic (exact) mass is 526 g/mol. The largest absolute Gasteiger partial charge is 0.369 e. The Morgan fingerprint density at radius 1 is 1.06 bits per heavy atom. The zero-order valence-corrected chi connectivity index (χ0v) is 20.9. The van der Waals surface area contributed by atoms with Crippen LogP contribution in [0.5, 0.6) is 0 Å². The fourth-order valence-electron chi connectivity index (χ4n) is 3.91. The highest BCUT2D eigenvalue weighted by molar-refractivity contribution is 6.40. The average molecular weight is 527 g/mol. The van der Waals surface area contributed by atoms with Gasteiger partial charge < -0.3 is 20.9 Å². The lowest BCUT2D eigenvalue weighted by Crippen LogP contribution is -2.37. The van der Waals surface area contributed by atoms with Crippen LogP contribution in [0.15, 0.2) is 60.8 Å². The molecule has 9 nitrogen and oxygen atoms in total. The Labute approximate surface area is 217 Å². The second-order valence-corrected chi connectivity index (χ2v) is 8.97. The lowest BCUT2D eigenvalue weighted by atomic mass is 10.2. The van der Waals surface area contributed by atoms with E-state index in [0.29, 0.717) is 12.2 Å². The zero-order valence-electron chi connectivity index (χ0n) is 19.3. The molecule has 186 valence electrons. The third-order valence-corrected chi connectivity index (χ3v) is 6.28. The van der Waals surface area contributed by atoms with E-state index < -0.39 is 5.91 Å². The Morgan fingerprint density at radius 2 is 1.78 bits per heavy atom. The molecule has 1 fully saturated rings. The van der Waals surface area contributed by atoms with Crippen molar-refractivity contribution in [2.24, 2.45) is 0 Å². The van der Waals surface area contributed by atoms with Crippen LogP contribution in [0, 0.1) is 0 Å². The fourth-order valence-corrected chi connectivity index (χ4v) is 4.48. The number of allylic oxidation sites excluding steroid dienone is 1. The van der Waals surface area contributed by atoms with Gasteiger partial charge in [-0.2, -0.15) is 5.10 Å². The summed E-state index contributed by atoms with van der Waals surface area (Å²) in [6, 6.07) is 12.2. The maximum absolute atomic E-state index is 12.9. The first-order valence-corrected chi connectivity index (χ1v) is 12.0. The highest BCUT2D eigenvalue weighted by Crippen LogP contribution is 2.26. The molecule has 1 atom stereocenters. The summed E-state index contributed by atoms with van der Waals surface area (Å²) in [4.78, 5) is 39.5. The van der Waals surface area contributed by atoms with Gasteiger partial charge in [-0.25, -0.2) is 0 Å². The van der Waals surface area contributed by atoms with Crippen molar-refractivity contribution in [3.63, 3.8) is 0 Å². The number of nitrogens with one attached hydrogen (secondary N) is 4. The van der Waals surface area contributed by atoms with Gasteiger partial charge in [0.2, 0.25) is 5.91 Å².